The summed E-state index contributed by atoms with van der Waals surface area (Å²) < 4.78 is 21.1. The summed E-state index contributed by atoms with van der Waals surface area (Å²) in [6.07, 6.45) is -1.98. The van der Waals surface area contributed by atoms with Crippen molar-refractivity contribution >= 4 is 35.1 Å². The van der Waals surface area contributed by atoms with E-state index >= 15 is 0 Å². The van der Waals surface area contributed by atoms with E-state index in [1.807, 2.05) is 0 Å². The van der Waals surface area contributed by atoms with Crippen LogP contribution in [-0.2, 0) is 20.9 Å². The summed E-state index contributed by atoms with van der Waals surface area (Å²) in [5, 5.41) is 3.42. The zero-order valence-corrected chi connectivity index (χ0v) is 18.5. The van der Waals surface area contributed by atoms with E-state index in [1.54, 1.807) is 37.4 Å². The molecule has 9 heteroatoms. The van der Waals surface area contributed by atoms with Crippen molar-refractivity contribution < 1.29 is 28.5 Å². The summed E-state index contributed by atoms with van der Waals surface area (Å²) in [5.41, 5.74) is 0.800. The van der Waals surface area contributed by atoms with Crippen LogP contribution in [0.4, 0.5) is 0 Å². The molecule has 0 saturated heterocycles. The second-order valence-electron chi connectivity index (χ2n) is 6.32. The molecule has 2 aromatic carbocycles. The Kier molecular flexibility index (Phi) is 8.62. The van der Waals surface area contributed by atoms with Crippen molar-refractivity contribution in [2.45, 2.75) is 32.6 Å². The summed E-state index contributed by atoms with van der Waals surface area (Å²) in [7, 11) is 3.07. The number of amides is 1. The second-order valence-corrected chi connectivity index (χ2v) is 7.16. The van der Waals surface area contributed by atoms with Crippen LogP contribution in [0.3, 0.4) is 0 Å². The minimum absolute atomic E-state index is 0.230. The number of methoxy groups -OCH3 is 2. The molecule has 1 amide bonds. The molecule has 30 heavy (non-hydrogen) atoms. The maximum Gasteiger partial charge on any atom is 0.347 e. The molecule has 0 heterocycles. The number of hydrogen-bond acceptors (Lipinski definition) is 6. The minimum Gasteiger partial charge on any atom is -0.493 e. The Hall–Kier alpha value is -2.64. The molecule has 0 spiro atoms. The lowest BCUT2D eigenvalue weighted by molar-refractivity contribution is -0.160. The summed E-state index contributed by atoms with van der Waals surface area (Å²) in [5.74, 6) is 0.279. The van der Waals surface area contributed by atoms with Gasteiger partial charge in [-0.3, -0.25) is 4.79 Å². The Morgan fingerprint density at radius 1 is 0.933 bits per heavy atom. The van der Waals surface area contributed by atoms with Crippen LogP contribution < -0.4 is 19.5 Å². The minimum atomic E-state index is -1.01. The Morgan fingerprint density at radius 3 is 2.23 bits per heavy atom. The molecule has 2 rings (SSSR count). The van der Waals surface area contributed by atoms with Crippen molar-refractivity contribution in [3.63, 3.8) is 0 Å². The Labute approximate surface area is 185 Å². The molecule has 162 valence electrons. The van der Waals surface area contributed by atoms with Gasteiger partial charge in [-0.25, -0.2) is 4.79 Å². The molecule has 0 aliphatic heterocycles. The first kappa shape index (κ1) is 23.6. The fourth-order valence-electron chi connectivity index (χ4n) is 2.46. The molecular formula is C21H23Cl2NO6. The molecule has 0 radical (unpaired) electrons. The first-order valence-electron chi connectivity index (χ1n) is 9.06. The van der Waals surface area contributed by atoms with Gasteiger partial charge in [0.1, 0.15) is 5.75 Å². The van der Waals surface area contributed by atoms with Gasteiger partial charge in [0, 0.05) is 11.6 Å². The molecule has 0 aliphatic carbocycles. The van der Waals surface area contributed by atoms with Gasteiger partial charge in [0.25, 0.3) is 5.91 Å². The van der Waals surface area contributed by atoms with Crippen molar-refractivity contribution in [1.82, 2.24) is 5.32 Å². The molecule has 2 aromatic rings. The van der Waals surface area contributed by atoms with Gasteiger partial charge >= 0.3 is 5.97 Å². The predicted octanol–water partition coefficient (Wildman–Crippen LogP) is 4.03. The third kappa shape index (κ3) is 6.43. The van der Waals surface area contributed by atoms with E-state index in [9.17, 15) is 9.59 Å². The van der Waals surface area contributed by atoms with Crippen molar-refractivity contribution in [2.75, 3.05) is 14.2 Å². The number of carbonyl (C=O) groups excluding carboxylic acids is 2. The van der Waals surface area contributed by atoms with E-state index in [0.717, 1.165) is 5.56 Å². The third-order valence-electron chi connectivity index (χ3n) is 4.11. The first-order chi connectivity index (χ1) is 14.2. The number of hydrogen-bond donors (Lipinski definition) is 1. The predicted molar refractivity (Wildman–Crippen MR) is 113 cm³/mol. The molecule has 2 unspecified atom stereocenters. The van der Waals surface area contributed by atoms with Crippen LogP contribution in [0.25, 0.3) is 0 Å². The lowest BCUT2D eigenvalue weighted by atomic mass is 10.2. The van der Waals surface area contributed by atoms with Gasteiger partial charge in [0.05, 0.1) is 19.2 Å². The van der Waals surface area contributed by atoms with Crippen LogP contribution >= 0.6 is 23.2 Å². The van der Waals surface area contributed by atoms with Crippen LogP contribution in [0.5, 0.6) is 17.2 Å². The molecule has 2 atom stereocenters. The molecular weight excluding hydrogens is 433 g/mol. The first-order valence-corrected chi connectivity index (χ1v) is 9.81. The quantitative estimate of drug-likeness (QED) is 0.574. The number of halogens is 2. The fourth-order valence-corrected chi connectivity index (χ4v) is 2.91. The molecule has 0 aliphatic rings. The summed E-state index contributed by atoms with van der Waals surface area (Å²) in [6, 6.07) is 9.93. The zero-order chi connectivity index (χ0) is 22.3. The highest BCUT2D eigenvalue weighted by atomic mass is 35.5. The lowest BCUT2D eigenvalue weighted by Gasteiger charge is -2.18. The van der Waals surface area contributed by atoms with E-state index in [2.05, 4.69) is 5.32 Å². The van der Waals surface area contributed by atoms with E-state index in [-0.39, 0.29) is 17.3 Å². The largest absolute Gasteiger partial charge is 0.493 e. The van der Waals surface area contributed by atoms with Gasteiger partial charge in [0.15, 0.2) is 23.7 Å². The second kappa shape index (κ2) is 10.9. The van der Waals surface area contributed by atoms with Crippen LogP contribution in [-0.4, -0.2) is 38.3 Å². The highest BCUT2D eigenvalue weighted by Crippen LogP contribution is 2.29. The summed E-state index contributed by atoms with van der Waals surface area (Å²) >= 11 is 11.9. The average molecular weight is 456 g/mol. The van der Waals surface area contributed by atoms with E-state index in [0.29, 0.717) is 16.5 Å². The SMILES string of the molecule is COc1ccc(CNC(=O)C(C)OC(=O)C(C)Oc2ccc(Cl)cc2Cl)cc1OC. The van der Waals surface area contributed by atoms with Crippen LogP contribution in [0.15, 0.2) is 36.4 Å². The summed E-state index contributed by atoms with van der Waals surface area (Å²) in [4.78, 5) is 24.5. The Morgan fingerprint density at radius 2 is 1.60 bits per heavy atom. The molecule has 1 N–H and O–H groups in total. The van der Waals surface area contributed by atoms with Crippen LogP contribution in [0, 0.1) is 0 Å². The van der Waals surface area contributed by atoms with Crippen molar-refractivity contribution in [3.05, 3.63) is 52.0 Å². The smallest absolute Gasteiger partial charge is 0.347 e. The maximum absolute atomic E-state index is 12.3. The number of esters is 1. The molecule has 0 aromatic heterocycles. The fraction of sp³-hybridized carbons (Fsp3) is 0.333. The van der Waals surface area contributed by atoms with Crippen molar-refractivity contribution in [3.8, 4) is 17.2 Å². The van der Waals surface area contributed by atoms with Crippen molar-refractivity contribution in [2.24, 2.45) is 0 Å². The number of benzene rings is 2. The van der Waals surface area contributed by atoms with Crippen LogP contribution in [0.2, 0.25) is 10.0 Å². The van der Waals surface area contributed by atoms with Gasteiger partial charge in [0.2, 0.25) is 0 Å². The molecule has 0 fully saturated rings. The number of nitrogens with one attached hydrogen (secondary N) is 1. The Bertz CT molecular complexity index is 905. The number of ether oxygens (including phenoxy) is 4. The van der Waals surface area contributed by atoms with Gasteiger partial charge in [-0.05, 0) is 49.7 Å². The Balaban J connectivity index is 1.87. The normalized spacial score (nSPS) is 12.5. The topological polar surface area (TPSA) is 83.1 Å². The van der Waals surface area contributed by atoms with Crippen LogP contribution in [0.1, 0.15) is 19.4 Å². The van der Waals surface area contributed by atoms with Gasteiger partial charge in [-0.1, -0.05) is 29.3 Å². The number of rotatable bonds is 9. The van der Waals surface area contributed by atoms with E-state index in [4.69, 9.17) is 42.1 Å². The summed E-state index contributed by atoms with van der Waals surface area (Å²) in [6.45, 7) is 3.21. The van der Waals surface area contributed by atoms with Gasteiger partial charge in [-0.2, -0.15) is 0 Å². The molecule has 0 bridgehead atoms. The van der Waals surface area contributed by atoms with E-state index < -0.39 is 24.1 Å². The zero-order valence-electron chi connectivity index (χ0n) is 17.0. The molecule has 0 saturated carbocycles. The third-order valence-corrected chi connectivity index (χ3v) is 4.64. The highest BCUT2D eigenvalue weighted by molar-refractivity contribution is 6.35. The highest BCUT2D eigenvalue weighted by Gasteiger charge is 2.24. The maximum atomic E-state index is 12.3. The monoisotopic (exact) mass is 455 g/mol. The number of carbonyl (C=O) groups is 2. The standard InChI is InChI=1S/C21H23Cl2NO6/c1-12(20(25)24-11-14-5-7-18(27-3)19(9-14)28-4)30-21(26)13(2)29-17-8-6-15(22)10-16(17)23/h5-10,12-13H,11H2,1-4H3,(H,24,25). The molecule has 7 nitrogen and oxygen atoms in total. The lowest BCUT2D eigenvalue weighted by Crippen LogP contribution is -2.38. The average Bonchev–Trinajstić information content (AvgIpc) is 2.73. The van der Waals surface area contributed by atoms with Gasteiger partial charge in [-0.15, -0.1) is 0 Å². The van der Waals surface area contributed by atoms with E-state index in [1.165, 1.54) is 27.0 Å². The van der Waals surface area contributed by atoms with Gasteiger partial charge < -0.3 is 24.3 Å². The van der Waals surface area contributed by atoms with Crippen molar-refractivity contribution in [1.29, 1.82) is 0 Å².